The smallest absolute Gasteiger partial charge is 0.0761 e. The van der Waals surface area contributed by atoms with Crippen LogP contribution in [0.2, 0.25) is 0 Å². The lowest BCUT2D eigenvalue weighted by molar-refractivity contribution is 0.470. The number of aliphatic imine (C=N–C) groups is 1. The first-order valence-electron chi connectivity index (χ1n) is 6.85. The van der Waals surface area contributed by atoms with E-state index in [0.29, 0.717) is 6.04 Å². The van der Waals surface area contributed by atoms with Gasteiger partial charge in [-0.25, -0.2) is 0 Å². The lowest BCUT2D eigenvalue weighted by Gasteiger charge is -2.21. The first-order valence-corrected chi connectivity index (χ1v) is 6.85. The number of benzene rings is 2. The summed E-state index contributed by atoms with van der Waals surface area (Å²) < 4.78 is 0. The van der Waals surface area contributed by atoms with Gasteiger partial charge in [0.15, 0.2) is 0 Å². The third-order valence-electron chi connectivity index (χ3n) is 3.86. The second kappa shape index (κ2) is 4.65. The van der Waals surface area contributed by atoms with E-state index in [-0.39, 0.29) is 5.41 Å². The second-order valence-corrected chi connectivity index (χ2v) is 5.86. The summed E-state index contributed by atoms with van der Waals surface area (Å²) in [5, 5.41) is 0. The molecule has 1 nitrogen and oxygen atoms in total. The van der Waals surface area contributed by atoms with Crippen molar-refractivity contribution in [2.45, 2.75) is 26.3 Å². The van der Waals surface area contributed by atoms with Crippen LogP contribution in [0.15, 0.2) is 65.7 Å². The average molecular weight is 249 g/mol. The highest BCUT2D eigenvalue weighted by molar-refractivity contribution is 6.05. The van der Waals surface area contributed by atoms with E-state index in [1.807, 2.05) is 0 Å². The molecule has 1 heterocycles. The Morgan fingerprint density at radius 2 is 1.47 bits per heavy atom. The molecule has 1 aliphatic rings. The molecule has 0 saturated heterocycles. The summed E-state index contributed by atoms with van der Waals surface area (Å²) in [6.07, 6.45) is 1.08. The summed E-state index contributed by atoms with van der Waals surface area (Å²) in [6, 6.07) is 21.5. The Morgan fingerprint density at radius 3 is 2.11 bits per heavy atom. The van der Waals surface area contributed by atoms with Crippen LogP contribution in [0.5, 0.6) is 0 Å². The zero-order valence-electron chi connectivity index (χ0n) is 11.5. The summed E-state index contributed by atoms with van der Waals surface area (Å²) in [6.45, 7) is 4.59. The Labute approximate surface area is 115 Å². The lowest BCUT2D eigenvalue weighted by Crippen LogP contribution is -2.20. The van der Waals surface area contributed by atoms with Crippen molar-refractivity contribution in [3.8, 4) is 0 Å². The molecule has 0 aromatic heterocycles. The van der Waals surface area contributed by atoms with Crippen molar-refractivity contribution >= 4 is 5.71 Å². The van der Waals surface area contributed by atoms with Gasteiger partial charge in [0.05, 0.1) is 6.04 Å². The third-order valence-corrected chi connectivity index (χ3v) is 3.86. The van der Waals surface area contributed by atoms with Crippen LogP contribution in [0.4, 0.5) is 0 Å². The predicted octanol–water partition coefficient (Wildman–Crippen LogP) is 4.65. The molecule has 19 heavy (non-hydrogen) atoms. The Hall–Kier alpha value is -1.89. The van der Waals surface area contributed by atoms with Crippen LogP contribution < -0.4 is 0 Å². The highest BCUT2D eigenvalue weighted by Gasteiger charge is 2.36. The molecular weight excluding hydrogens is 230 g/mol. The van der Waals surface area contributed by atoms with Gasteiger partial charge >= 0.3 is 0 Å². The molecule has 0 fully saturated rings. The van der Waals surface area contributed by atoms with E-state index in [2.05, 4.69) is 74.5 Å². The second-order valence-electron chi connectivity index (χ2n) is 5.86. The molecule has 0 saturated carbocycles. The summed E-state index contributed by atoms with van der Waals surface area (Å²) in [4.78, 5) is 5.00. The van der Waals surface area contributed by atoms with Gasteiger partial charge in [-0.1, -0.05) is 74.5 Å². The molecule has 2 aromatic rings. The summed E-state index contributed by atoms with van der Waals surface area (Å²) in [5.74, 6) is 0. The van der Waals surface area contributed by atoms with E-state index in [1.54, 1.807) is 0 Å². The molecule has 1 unspecified atom stereocenters. The Kier molecular flexibility index (Phi) is 2.98. The fraction of sp³-hybridized carbons (Fsp3) is 0.278. The van der Waals surface area contributed by atoms with Crippen molar-refractivity contribution in [2.24, 2.45) is 10.4 Å². The van der Waals surface area contributed by atoms with E-state index < -0.39 is 0 Å². The minimum Gasteiger partial charge on any atom is -0.280 e. The van der Waals surface area contributed by atoms with Gasteiger partial charge in [0.2, 0.25) is 0 Å². The van der Waals surface area contributed by atoms with Crippen molar-refractivity contribution in [3.05, 3.63) is 71.8 Å². The molecule has 1 aliphatic heterocycles. The number of nitrogens with zero attached hydrogens (tertiary/aromatic N) is 1. The predicted molar refractivity (Wildman–Crippen MR) is 80.6 cm³/mol. The Morgan fingerprint density at radius 1 is 0.895 bits per heavy atom. The van der Waals surface area contributed by atoms with Crippen LogP contribution in [0, 0.1) is 5.41 Å². The summed E-state index contributed by atoms with van der Waals surface area (Å²) >= 11 is 0. The maximum atomic E-state index is 5.00. The van der Waals surface area contributed by atoms with Gasteiger partial charge in [0, 0.05) is 11.1 Å². The van der Waals surface area contributed by atoms with Crippen LogP contribution in [-0.2, 0) is 0 Å². The molecule has 0 N–H and O–H groups in total. The zero-order chi connectivity index (χ0) is 13.3. The van der Waals surface area contributed by atoms with Gasteiger partial charge in [-0.05, 0) is 17.5 Å². The van der Waals surface area contributed by atoms with Crippen LogP contribution in [0.25, 0.3) is 0 Å². The van der Waals surface area contributed by atoms with Crippen molar-refractivity contribution < 1.29 is 0 Å². The minimum absolute atomic E-state index is 0.141. The molecule has 96 valence electrons. The molecule has 0 spiro atoms. The molecule has 0 amide bonds. The standard InChI is InChI=1S/C18H19N/c1-18(2)13-16(14-9-5-3-6-10-14)19-17(18)15-11-7-4-8-12-15/h3-12,16H,13H2,1-2H3. The summed E-state index contributed by atoms with van der Waals surface area (Å²) in [5.41, 5.74) is 3.95. The molecule has 2 aromatic carbocycles. The van der Waals surface area contributed by atoms with Crippen LogP contribution in [0.3, 0.4) is 0 Å². The molecular formula is C18H19N. The zero-order valence-corrected chi connectivity index (χ0v) is 11.5. The van der Waals surface area contributed by atoms with Gasteiger partial charge in [0.25, 0.3) is 0 Å². The van der Waals surface area contributed by atoms with Crippen molar-refractivity contribution in [2.75, 3.05) is 0 Å². The fourth-order valence-electron chi connectivity index (χ4n) is 2.89. The van der Waals surface area contributed by atoms with E-state index in [4.69, 9.17) is 4.99 Å². The quantitative estimate of drug-likeness (QED) is 0.734. The molecule has 1 atom stereocenters. The van der Waals surface area contributed by atoms with E-state index in [0.717, 1.165) is 6.42 Å². The van der Waals surface area contributed by atoms with Gasteiger partial charge < -0.3 is 0 Å². The van der Waals surface area contributed by atoms with Crippen molar-refractivity contribution in [1.82, 2.24) is 0 Å². The monoisotopic (exact) mass is 249 g/mol. The van der Waals surface area contributed by atoms with Gasteiger partial charge in [0.1, 0.15) is 0 Å². The topological polar surface area (TPSA) is 12.4 Å². The number of rotatable bonds is 2. The van der Waals surface area contributed by atoms with E-state index in [9.17, 15) is 0 Å². The minimum atomic E-state index is 0.141. The Balaban J connectivity index is 1.99. The normalized spacial score (nSPS) is 21.2. The average Bonchev–Trinajstić information content (AvgIpc) is 2.77. The van der Waals surface area contributed by atoms with Crippen molar-refractivity contribution in [1.29, 1.82) is 0 Å². The largest absolute Gasteiger partial charge is 0.280 e. The first-order chi connectivity index (χ1) is 9.17. The molecule has 0 aliphatic carbocycles. The number of hydrogen-bond donors (Lipinski definition) is 0. The maximum Gasteiger partial charge on any atom is 0.0761 e. The van der Waals surface area contributed by atoms with E-state index in [1.165, 1.54) is 16.8 Å². The van der Waals surface area contributed by atoms with Crippen LogP contribution in [0.1, 0.15) is 37.4 Å². The lowest BCUT2D eigenvalue weighted by atomic mass is 9.81. The molecule has 0 radical (unpaired) electrons. The van der Waals surface area contributed by atoms with Gasteiger partial charge in [-0.2, -0.15) is 0 Å². The Bertz CT molecular complexity index is 582. The maximum absolute atomic E-state index is 5.00. The number of hydrogen-bond acceptors (Lipinski definition) is 1. The highest BCUT2D eigenvalue weighted by atomic mass is 14.9. The van der Waals surface area contributed by atoms with Gasteiger partial charge in [-0.3, -0.25) is 4.99 Å². The SMILES string of the molecule is CC1(C)CC(c2ccccc2)N=C1c1ccccc1. The molecule has 3 rings (SSSR count). The van der Waals surface area contributed by atoms with Crippen LogP contribution >= 0.6 is 0 Å². The molecule has 1 heteroatoms. The fourth-order valence-corrected chi connectivity index (χ4v) is 2.89. The first kappa shape index (κ1) is 12.2. The third kappa shape index (κ3) is 2.33. The molecule has 0 bridgehead atoms. The highest BCUT2D eigenvalue weighted by Crippen LogP contribution is 2.42. The van der Waals surface area contributed by atoms with Gasteiger partial charge in [-0.15, -0.1) is 0 Å². The van der Waals surface area contributed by atoms with Crippen LogP contribution in [-0.4, -0.2) is 5.71 Å². The summed E-state index contributed by atoms with van der Waals surface area (Å²) in [7, 11) is 0. The van der Waals surface area contributed by atoms with E-state index >= 15 is 0 Å². The van der Waals surface area contributed by atoms with Crippen molar-refractivity contribution in [3.63, 3.8) is 0 Å².